The Morgan fingerprint density at radius 1 is 1.10 bits per heavy atom. The van der Waals surface area contributed by atoms with Gasteiger partial charge in [0.2, 0.25) is 0 Å². The van der Waals surface area contributed by atoms with Crippen LogP contribution in [0.1, 0.15) is 25.7 Å². The van der Waals surface area contributed by atoms with Crippen molar-refractivity contribution in [1.82, 2.24) is 5.32 Å². The number of fused-ring (bicyclic) bond motifs is 1. The van der Waals surface area contributed by atoms with Gasteiger partial charge in [0.05, 0.1) is 0 Å². The second kappa shape index (κ2) is 6.47. The molecule has 0 radical (unpaired) electrons. The number of hydrogen-bond acceptors (Lipinski definition) is 2. The lowest BCUT2D eigenvalue weighted by molar-refractivity contribution is 0.389. The lowest BCUT2D eigenvalue weighted by Crippen LogP contribution is -2.35. The number of piperidine rings is 1. The van der Waals surface area contributed by atoms with Crippen molar-refractivity contribution in [2.24, 2.45) is 0 Å². The van der Waals surface area contributed by atoms with Crippen molar-refractivity contribution in [3.63, 3.8) is 0 Å². The van der Waals surface area contributed by atoms with E-state index in [0.717, 1.165) is 17.0 Å². The number of rotatable bonds is 4. The summed E-state index contributed by atoms with van der Waals surface area (Å²) in [7, 11) is 0. The quantitative estimate of drug-likeness (QED) is 0.869. The summed E-state index contributed by atoms with van der Waals surface area (Å²) in [6.45, 7) is 2.18. The molecule has 0 spiro atoms. The van der Waals surface area contributed by atoms with Gasteiger partial charge in [0.1, 0.15) is 0 Å². The summed E-state index contributed by atoms with van der Waals surface area (Å²) in [4.78, 5) is 0. The van der Waals surface area contributed by atoms with Crippen LogP contribution in [0.15, 0.2) is 36.4 Å². The molecule has 2 N–H and O–H groups in total. The Balaban J connectivity index is 1.67. The fourth-order valence-corrected chi connectivity index (χ4v) is 3.20. The number of benzene rings is 2. The van der Waals surface area contributed by atoms with Gasteiger partial charge in [-0.15, -0.1) is 0 Å². The van der Waals surface area contributed by atoms with E-state index in [0.29, 0.717) is 6.04 Å². The van der Waals surface area contributed by atoms with E-state index in [9.17, 15) is 0 Å². The van der Waals surface area contributed by atoms with Crippen LogP contribution in [-0.2, 0) is 0 Å². The van der Waals surface area contributed by atoms with Crippen LogP contribution in [0.25, 0.3) is 10.8 Å². The second-order valence-electron chi connectivity index (χ2n) is 5.50. The third kappa shape index (κ3) is 3.08. The van der Waals surface area contributed by atoms with Crippen molar-refractivity contribution >= 4 is 28.1 Å². The predicted octanol–water partition coefficient (Wildman–Crippen LogP) is 4.44. The molecule has 1 aliphatic heterocycles. The highest BCUT2D eigenvalue weighted by atomic mass is 35.5. The molecule has 3 rings (SSSR count). The molecule has 1 fully saturated rings. The van der Waals surface area contributed by atoms with Crippen molar-refractivity contribution in [1.29, 1.82) is 0 Å². The molecule has 0 aliphatic carbocycles. The first-order chi connectivity index (χ1) is 9.84. The summed E-state index contributed by atoms with van der Waals surface area (Å²) in [5.41, 5.74) is 1.18. The highest BCUT2D eigenvalue weighted by Gasteiger charge is 2.12. The molecule has 106 valence electrons. The van der Waals surface area contributed by atoms with Crippen LogP contribution in [-0.4, -0.2) is 19.1 Å². The van der Waals surface area contributed by atoms with Crippen molar-refractivity contribution in [2.45, 2.75) is 31.7 Å². The zero-order valence-electron chi connectivity index (χ0n) is 11.7. The van der Waals surface area contributed by atoms with Gasteiger partial charge < -0.3 is 10.6 Å². The van der Waals surface area contributed by atoms with Crippen LogP contribution in [0.5, 0.6) is 0 Å². The van der Waals surface area contributed by atoms with Crippen LogP contribution in [0.4, 0.5) is 5.69 Å². The molecule has 1 heterocycles. The molecule has 1 aliphatic rings. The molecule has 0 aromatic heterocycles. The number of nitrogens with one attached hydrogen (secondary N) is 2. The maximum absolute atomic E-state index is 6.25. The molecule has 1 atom stereocenters. The first-order valence-corrected chi connectivity index (χ1v) is 7.87. The van der Waals surface area contributed by atoms with Crippen molar-refractivity contribution < 1.29 is 0 Å². The molecular weight excluding hydrogens is 268 g/mol. The van der Waals surface area contributed by atoms with Crippen LogP contribution in [0, 0.1) is 0 Å². The largest absolute Gasteiger partial charge is 0.384 e. The van der Waals surface area contributed by atoms with Gasteiger partial charge in [-0.1, -0.05) is 42.3 Å². The van der Waals surface area contributed by atoms with E-state index in [4.69, 9.17) is 11.6 Å². The third-order valence-electron chi connectivity index (χ3n) is 4.09. The summed E-state index contributed by atoms with van der Waals surface area (Å²) < 4.78 is 0. The summed E-state index contributed by atoms with van der Waals surface area (Å²) in [6, 6.07) is 13.0. The molecule has 0 bridgehead atoms. The van der Waals surface area contributed by atoms with Crippen molar-refractivity contribution in [2.75, 3.05) is 18.4 Å². The lowest BCUT2D eigenvalue weighted by Gasteiger charge is -2.23. The number of hydrogen-bond donors (Lipinski definition) is 2. The van der Waals surface area contributed by atoms with Gasteiger partial charge in [-0.05, 0) is 37.9 Å². The van der Waals surface area contributed by atoms with Crippen LogP contribution in [0.2, 0.25) is 5.02 Å². The van der Waals surface area contributed by atoms with Crippen LogP contribution >= 0.6 is 11.6 Å². The van der Waals surface area contributed by atoms with E-state index in [1.54, 1.807) is 0 Å². The Labute approximate surface area is 125 Å². The van der Waals surface area contributed by atoms with Gasteiger partial charge in [0, 0.05) is 34.1 Å². The fourth-order valence-electron chi connectivity index (χ4n) is 2.97. The molecular formula is C17H21ClN2. The van der Waals surface area contributed by atoms with Gasteiger partial charge >= 0.3 is 0 Å². The van der Waals surface area contributed by atoms with Gasteiger partial charge in [-0.3, -0.25) is 0 Å². The van der Waals surface area contributed by atoms with E-state index in [1.165, 1.54) is 43.3 Å². The number of anilines is 1. The highest BCUT2D eigenvalue weighted by molar-refractivity contribution is 6.36. The maximum atomic E-state index is 6.25. The minimum atomic E-state index is 0.676. The molecule has 0 saturated carbocycles. The average Bonchev–Trinajstić information content (AvgIpc) is 2.51. The second-order valence-corrected chi connectivity index (χ2v) is 5.91. The molecule has 2 nitrogen and oxygen atoms in total. The van der Waals surface area contributed by atoms with Gasteiger partial charge in [-0.25, -0.2) is 0 Å². The van der Waals surface area contributed by atoms with E-state index in [-0.39, 0.29) is 0 Å². The Bertz CT molecular complexity index is 576. The lowest BCUT2D eigenvalue weighted by atomic mass is 10.0. The molecule has 20 heavy (non-hydrogen) atoms. The Morgan fingerprint density at radius 3 is 2.75 bits per heavy atom. The fraction of sp³-hybridized carbons (Fsp3) is 0.412. The standard InChI is InChI=1S/C17H21ClN2/c18-16-8-9-17(15-7-2-1-6-14(15)16)20-12-10-13-5-3-4-11-19-13/h1-2,6-9,13,19-20H,3-5,10-12H2. The average molecular weight is 289 g/mol. The first-order valence-electron chi connectivity index (χ1n) is 7.49. The van der Waals surface area contributed by atoms with Crippen LogP contribution in [0.3, 0.4) is 0 Å². The van der Waals surface area contributed by atoms with Gasteiger partial charge in [-0.2, -0.15) is 0 Å². The van der Waals surface area contributed by atoms with Crippen molar-refractivity contribution in [3.05, 3.63) is 41.4 Å². The molecule has 3 heteroatoms. The predicted molar refractivity (Wildman–Crippen MR) is 87.7 cm³/mol. The summed E-state index contributed by atoms with van der Waals surface area (Å²) in [5, 5.41) is 10.3. The smallest absolute Gasteiger partial charge is 0.0485 e. The molecule has 1 unspecified atom stereocenters. The molecule has 2 aromatic carbocycles. The Hall–Kier alpha value is -1.25. The van der Waals surface area contributed by atoms with E-state index >= 15 is 0 Å². The van der Waals surface area contributed by atoms with Gasteiger partial charge in [0.25, 0.3) is 0 Å². The minimum Gasteiger partial charge on any atom is -0.384 e. The molecule has 0 amide bonds. The molecule has 2 aromatic rings. The number of halogens is 1. The van der Waals surface area contributed by atoms with Crippen LogP contribution < -0.4 is 10.6 Å². The Kier molecular flexibility index (Phi) is 4.44. The normalized spacial score (nSPS) is 19.1. The monoisotopic (exact) mass is 288 g/mol. The third-order valence-corrected chi connectivity index (χ3v) is 4.42. The summed E-state index contributed by atoms with van der Waals surface area (Å²) in [5.74, 6) is 0. The van der Waals surface area contributed by atoms with E-state index in [1.807, 2.05) is 12.1 Å². The zero-order valence-corrected chi connectivity index (χ0v) is 12.4. The highest BCUT2D eigenvalue weighted by Crippen LogP contribution is 2.29. The molecule has 1 saturated heterocycles. The van der Waals surface area contributed by atoms with E-state index < -0.39 is 0 Å². The summed E-state index contributed by atoms with van der Waals surface area (Å²) >= 11 is 6.25. The SMILES string of the molecule is Clc1ccc(NCCC2CCCCN2)c2ccccc12. The van der Waals surface area contributed by atoms with E-state index in [2.05, 4.69) is 34.9 Å². The van der Waals surface area contributed by atoms with Crippen molar-refractivity contribution in [3.8, 4) is 0 Å². The topological polar surface area (TPSA) is 24.1 Å². The summed E-state index contributed by atoms with van der Waals surface area (Å²) in [6.07, 6.45) is 5.17. The van der Waals surface area contributed by atoms with Gasteiger partial charge in [0.15, 0.2) is 0 Å². The Morgan fingerprint density at radius 2 is 1.95 bits per heavy atom. The zero-order chi connectivity index (χ0) is 13.8. The minimum absolute atomic E-state index is 0.676. The first kappa shape index (κ1) is 13.7. The maximum Gasteiger partial charge on any atom is 0.0485 e.